The Labute approximate surface area is 210 Å². The van der Waals surface area contributed by atoms with Crippen LogP contribution in [0.2, 0.25) is 0 Å². The van der Waals surface area contributed by atoms with Crippen molar-refractivity contribution in [2.24, 2.45) is 0 Å². The Morgan fingerprint density at radius 3 is 2.58 bits per heavy atom. The molecule has 4 rings (SSSR count). The Kier molecular flexibility index (Phi) is 7.28. The lowest BCUT2D eigenvalue weighted by molar-refractivity contribution is -0.136. The number of benzene rings is 2. The van der Waals surface area contributed by atoms with E-state index in [1.54, 1.807) is 19.1 Å². The average Bonchev–Trinajstić information content (AvgIpc) is 3.46. The molecule has 1 fully saturated rings. The Balaban J connectivity index is 1.52. The number of para-hydroxylation sites is 1. The third-order valence-electron chi connectivity index (χ3n) is 6.46. The van der Waals surface area contributed by atoms with Gasteiger partial charge in [0.15, 0.2) is 16.4 Å². The Morgan fingerprint density at radius 2 is 1.92 bits per heavy atom. The zero-order valence-electron chi connectivity index (χ0n) is 20.0. The van der Waals surface area contributed by atoms with Crippen molar-refractivity contribution in [1.82, 2.24) is 4.90 Å². The van der Waals surface area contributed by atoms with Gasteiger partial charge in [0.25, 0.3) is 15.9 Å². The number of esters is 1. The van der Waals surface area contributed by atoms with Crippen LogP contribution in [0.4, 0.5) is 5.69 Å². The average molecular weight is 537 g/mol. The third kappa shape index (κ3) is 5.05. The molecule has 2 aromatic rings. The van der Waals surface area contributed by atoms with Crippen molar-refractivity contribution in [2.45, 2.75) is 30.7 Å². The second kappa shape index (κ2) is 10.1. The number of methoxy groups -OCH3 is 1. The van der Waals surface area contributed by atoms with Gasteiger partial charge in [-0.2, -0.15) is 0 Å². The smallest absolute Gasteiger partial charge is 0.342 e. The van der Waals surface area contributed by atoms with Crippen LogP contribution in [-0.4, -0.2) is 78.0 Å². The van der Waals surface area contributed by atoms with Crippen LogP contribution in [0.15, 0.2) is 47.4 Å². The normalized spacial score (nSPS) is 18.5. The summed E-state index contributed by atoms with van der Waals surface area (Å²) >= 11 is 0. The number of hydrogen-bond acceptors (Lipinski definition) is 8. The van der Waals surface area contributed by atoms with Crippen LogP contribution >= 0.6 is 0 Å². The molecule has 0 saturated carbocycles. The molecule has 1 atom stereocenters. The molecule has 12 heteroatoms. The fourth-order valence-corrected chi connectivity index (χ4v) is 7.90. The van der Waals surface area contributed by atoms with Gasteiger partial charge >= 0.3 is 5.97 Å². The standard InChI is InChI=1S/C24H28N2O8S2/c1-3-25(18-11-13-35(29,30)16-18)23(27)15-34-24(28)20-14-19(8-9-22(20)33-2)36(31,32)26-12-10-17-6-4-5-7-21(17)26/h4-9,14,18H,3,10-13,15-16H2,1-2H3/t18-/m0/s1. The fraction of sp³-hybridized carbons (Fsp3) is 0.417. The first-order valence-electron chi connectivity index (χ1n) is 11.5. The number of sulfone groups is 1. The molecule has 0 spiro atoms. The van der Waals surface area contributed by atoms with Crippen molar-refractivity contribution in [3.63, 3.8) is 0 Å². The summed E-state index contributed by atoms with van der Waals surface area (Å²) in [5.41, 5.74) is 1.38. The molecular weight excluding hydrogens is 508 g/mol. The summed E-state index contributed by atoms with van der Waals surface area (Å²) < 4.78 is 62.1. The van der Waals surface area contributed by atoms with Gasteiger partial charge < -0.3 is 14.4 Å². The van der Waals surface area contributed by atoms with E-state index in [4.69, 9.17) is 9.47 Å². The Bertz CT molecular complexity index is 1390. The SMILES string of the molecule is CCN(C(=O)COC(=O)c1cc(S(=O)(=O)N2CCc3ccccc32)ccc1OC)[C@H]1CCS(=O)(=O)C1. The van der Waals surface area contributed by atoms with Gasteiger partial charge in [0.05, 0.1) is 29.2 Å². The molecule has 36 heavy (non-hydrogen) atoms. The second-order valence-corrected chi connectivity index (χ2v) is 12.7. The fourth-order valence-electron chi connectivity index (χ4n) is 4.64. The van der Waals surface area contributed by atoms with Crippen LogP contribution in [-0.2, 0) is 35.8 Å². The maximum atomic E-state index is 13.4. The molecule has 1 saturated heterocycles. The molecule has 2 heterocycles. The van der Waals surface area contributed by atoms with E-state index < -0.39 is 44.4 Å². The van der Waals surface area contributed by atoms with Crippen molar-refractivity contribution >= 4 is 37.4 Å². The minimum Gasteiger partial charge on any atom is -0.496 e. The summed E-state index contributed by atoms with van der Waals surface area (Å²) in [5.74, 6) is -1.45. The predicted octanol–water partition coefficient (Wildman–Crippen LogP) is 1.64. The maximum Gasteiger partial charge on any atom is 0.342 e. The van der Waals surface area contributed by atoms with Gasteiger partial charge in [-0.3, -0.25) is 9.10 Å². The largest absolute Gasteiger partial charge is 0.496 e. The summed E-state index contributed by atoms with van der Waals surface area (Å²) in [6, 6.07) is 10.7. The quantitative estimate of drug-likeness (QED) is 0.466. The molecule has 0 radical (unpaired) electrons. The molecular formula is C24H28N2O8S2. The topological polar surface area (TPSA) is 127 Å². The third-order valence-corrected chi connectivity index (χ3v) is 10.0. The summed E-state index contributed by atoms with van der Waals surface area (Å²) in [6.07, 6.45) is 0.919. The summed E-state index contributed by atoms with van der Waals surface area (Å²) in [5, 5.41) is 0. The number of carbonyl (C=O) groups excluding carboxylic acids is 2. The number of carbonyl (C=O) groups is 2. The zero-order valence-corrected chi connectivity index (χ0v) is 21.7. The highest BCUT2D eigenvalue weighted by Crippen LogP contribution is 2.34. The van der Waals surface area contributed by atoms with Crippen molar-refractivity contribution in [3.05, 3.63) is 53.6 Å². The minimum atomic E-state index is -3.97. The molecule has 0 aromatic heterocycles. The first-order chi connectivity index (χ1) is 17.1. The monoisotopic (exact) mass is 536 g/mol. The molecule has 2 aliphatic rings. The van der Waals surface area contributed by atoms with Gasteiger partial charge in [-0.15, -0.1) is 0 Å². The van der Waals surface area contributed by atoms with Crippen LogP contribution in [0, 0.1) is 0 Å². The lowest BCUT2D eigenvalue weighted by atomic mass is 10.2. The Hall–Kier alpha value is -3.12. The molecule has 0 aliphatic carbocycles. The molecule has 10 nitrogen and oxygen atoms in total. The minimum absolute atomic E-state index is 0.0151. The second-order valence-electron chi connectivity index (χ2n) is 8.63. The number of anilines is 1. The first-order valence-corrected chi connectivity index (χ1v) is 14.8. The highest BCUT2D eigenvalue weighted by molar-refractivity contribution is 7.93. The highest BCUT2D eigenvalue weighted by atomic mass is 32.2. The van der Waals surface area contributed by atoms with Crippen molar-refractivity contribution in [1.29, 1.82) is 0 Å². The van der Waals surface area contributed by atoms with Gasteiger partial charge in [0.2, 0.25) is 0 Å². The number of sulfonamides is 1. The van der Waals surface area contributed by atoms with Crippen molar-refractivity contribution < 1.29 is 35.9 Å². The number of amides is 1. The molecule has 2 aliphatic heterocycles. The number of hydrogen-bond donors (Lipinski definition) is 0. The molecule has 194 valence electrons. The number of fused-ring (bicyclic) bond motifs is 1. The maximum absolute atomic E-state index is 13.4. The number of likely N-dealkylation sites (N-methyl/N-ethyl adjacent to an activating group) is 1. The number of ether oxygens (including phenoxy) is 2. The molecule has 0 N–H and O–H groups in total. The van der Waals surface area contributed by atoms with E-state index in [-0.39, 0.29) is 40.8 Å². The molecule has 2 aromatic carbocycles. The van der Waals surface area contributed by atoms with Crippen LogP contribution < -0.4 is 9.04 Å². The van der Waals surface area contributed by atoms with E-state index in [0.29, 0.717) is 18.5 Å². The number of rotatable bonds is 8. The van der Waals surface area contributed by atoms with E-state index in [1.807, 2.05) is 12.1 Å². The van der Waals surface area contributed by atoms with Crippen molar-refractivity contribution in [3.8, 4) is 5.75 Å². The molecule has 0 bridgehead atoms. The Morgan fingerprint density at radius 1 is 1.17 bits per heavy atom. The van der Waals surface area contributed by atoms with Gasteiger partial charge in [-0.05, 0) is 49.6 Å². The molecule has 1 amide bonds. The van der Waals surface area contributed by atoms with Gasteiger partial charge in [0, 0.05) is 19.1 Å². The van der Waals surface area contributed by atoms with Gasteiger partial charge in [-0.1, -0.05) is 18.2 Å². The number of nitrogens with zero attached hydrogens (tertiary/aromatic N) is 2. The van der Waals surface area contributed by atoms with E-state index >= 15 is 0 Å². The van der Waals surface area contributed by atoms with E-state index in [9.17, 15) is 26.4 Å². The van der Waals surface area contributed by atoms with Crippen LogP contribution in [0.5, 0.6) is 5.75 Å². The predicted molar refractivity (Wildman–Crippen MR) is 132 cm³/mol. The summed E-state index contributed by atoms with van der Waals surface area (Å²) in [7, 11) is -5.82. The van der Waals surface area contributed by atoms with E-state index in [0.717, 1.165) is 5.56 Å². The summed E-state index contributed by atoms with van der Waals surface area (Å²) in [6.45, 7) is 1.66. The van der Waals surface area contributed by atoms with Crippen LogP contribution in [0.3, 0.4) is 0 Å². The lowest BCUT2D eigenvalue weighted by Gasteiger charge is -2.26. The van der Waals surface area contributed by atoms with Crippen molar-refractivity contribution in [2.75, 3.05) is 42.6 Å². The van der Waals surface area contributed by atoms with E-state index in [2.05, 4.69) is 0 Å². The van der Waals surface area contributed by atoms with Gasteiger partial charge in [0.1, 0.15) is 11.3 Å². The lowest BCUT2D eigenvalue weighted by Crippen LogP contribution is -2.43. The first kappa shape index (κ1) is 26.0. The van der Waals surface area contributed by atoms with Crippen LogP contribution in [0.25, 0.3) is 0 Å². The zero-order chi connectivity index (χ0) is 26.1. The van der Waals surface area contributed by atoms with E-state index in [1.165, 1.54) is 34.5 Å². The summed E-state index contributed by atoms with van der Waals surface area (Å²) in [4.78, 5) is 26.9. The highest BCUT2D eigenvalue weighted by Gasteiger charge is 2.35. The molecule has 0 unspecified atom stereocenters. The van der Waals surface area contributed by atoms with Crippen LogP contribution in [0.1, 0.15) is 29.3 Å². The van der Waals surface area contributed by atoms with Gasteiger partial charge in [-0.25, -0.2) is 21.6 Å².